The first-order valence-corrected chi connectivity index (χ1v) is 8.76. The first kappa shape index (κ1) is 17.4. The number of nitrogens with one attached hydrogen (secondary N) is 1. The average molecular weight is 339 g/mol. The molecule has 2 aromatic rings. The quantitative estimate of drug-likeness (QED) is 0.926. The molecule has 0 saturated carbocycles. The first-order chi connectivity index (χ1) is 12.0. The number of hydrogen-bond acceptors (Lipinski definition) is 4. The molecular weight excluding hydrogens is 314 g/mol. The molecule has 1 amide bonds. The number of carbonyl (C=O) groups is 1. The zero-order valence-corrected chi connectivity index (χ0v) is 15.0. The number of aromatic nitrogens is 1. The van der Waals surface area contributed by atoms with E-state index in [1.54, 1.807) is 12.3 Å². The summed E-state index contributed by atoms with van der Waals surface area (Å²) in [5, 5.41) is 3.26. The van der Waals surface area contributed by atoms with Crippen molar-refractivity contribution in [2.24, 2.45) is 0 Å². The molecule has 0 bridgehead atoms. The molecular formula is C20H25N3O2. The average Bonchev–Trinajstić information content (AvgIpc) is 2.61. The van der Waals surface area contributed by atoms with Crippen molar-refractivity contribution < 1.29 is 9.53 Å². The van der Waals surface area contributed by atoms with E-state index in [0.717, 1.165) is 5.56 Å². The van der Waals surface area contributed by atoms with E-state index in [1.165, 1.54) is 0 Å². The van der Waals surface area contributed by atoms with E-state index in [-0.39, 0.29) is 24.2 Å². The van der Waals surface area contributed by atoms with Gasteiger partial charge in [-0.1, -0.05) is 30.3 Å². The summed E-state index contributed by atoms with van der Waals surface area (Å²) in [4.78, 5) is 19.3. The monoisotopic (exact) mass is 339 g/mol. The minimum Gasteiger partial charge on any atom is -0.367 e. The van der Waals surface area contributed by atoms with E-state index in [0.29, 0.717) is 24.5 Å². The molecule has 5 nitrogen and oxygen atoms in total. The second-order valence-electron chi connectivity index (χ2n) is 6.75. The molecule has 1 saturated heterocycles. The van der Waals surface area contributed by atoms with Crippen molar-refractivity contribution in [2.45, 2.75) is 39.0 Å². The predicted octanol–water partition coefficient (Wildman–Crippen LogP) is 3.50. The standard InChI is InChI=1S/C20H25N3O2/c1-14(2)22-19-17(10-7-11-21-19)20(24)23-12-15(3)25-18(13-23)16-8-5-4-6-9-16/h4-11,14-15,18H,12-13H2,1-3H3,(H,21,22)/t15-,18-/m0/s1. The van der Waals surface area contributed by atoms with Gasteiger partial charge in [-0.25, -0.2) is 4.98 Å². The van der Waals surface area contributed by atoms with Crippen LogP contribution in [0.5, 0.6) is 0 Å². The first-order valence-electron chi connectivity index (χ1n) is 8.76. The van der Waals surface area contributed by atoms with Crippen LogP contribution >= 0.6 is 0 Å². The normalized spacial score (nSPS) is 20.6. The lowest BCUT2D eigenvalue weighted by molar-refractivity contribution is -0.0691. The number of anilines is 1. The minimum absolute atomic E-state index is 0.00710. The molecule has 25 heavy (non-hydrogen) atoms. The molecule has 1 fully saturated rings. The Morgan fingerprint density at radius 2 is 1.96 bits per heavy atom. The predicted molar refractivity (Wildman–Crippen MR) is 98.6 cm³/mol. The Labute approximate surface area is 149 Å². The molecule has 132 valence electrons. The Morgan fingerprint density at radius 1 is 1.20 bits per heavy atom. The van der Waals surface area contributed by atoms with Gasteiger partial charge in [-0.15, -0.1) is 0 Å². The molecule has 2 atom stereocenters. The van der Waals surface area contributed by atoms with Crippen molar-refractivity contribution >= 4 is 11.7 Å². The molecule has 1 aliphatic rings. The van der Waals surface area contributed by atoms with Crippen molar-refractivity contribution in [3.8, 4) is 0 Å². The largest absolute Gasteiger partial charge is 0.367 e. The Kier molecular flexibility index (Phi) is 5.34. The summed E-state index contributed by atoms with van der Waals surface area (Å²) in [5.41, 5.74) is 1.70. The highest BCUT2D eigenvalue weighted by Gasteiger charge is 2.31. The number of hydrogen-bond donors (Lipinski definition) is 1. The summed E-state index contributed by atoms with van der Waals surface area (Å²) in [5.74, 6) is 0.630. The zero-order chi connectivity index (χ0) is 17.8. The molecule has 0 unspecified atom stereocenters. The molecule has 2 heterocycles. The lowest BCUT2D eigenvalue weighted by atomic mass is 10.1. The highest BCUT2D eigenvalue weighted by atomic mass is 16.5. The van der Waals surface area contributed by atoms with Crippen LogP contribution in [-0.4, -0.2) is 41.0 Å². The fourth-order valence-corrected chi connectivity index (χ4v) is 3.11. The van der Waals surface area contributed by atoms with Crippen molar-refractivity contribution in [2.75, 3.05) is 18.4 Å². The molecule has 1 aromatic carbocycles. The number of nitrogens with zero attached hydrogens (tertiary/aromatic N) is 2. The summed E-state index contributed by atoms with van der Waals surface area (Å²) in [6.45, 7) is 7.20. The Balaban J connectivity index is 1.82. The van der Waals surface area contributed by atoms with E-state index in [2.05, 4.69) is 10.3 Å². The van der Waals surface area contributed by atoms with Gasteiger partial charge < -0.3 is 15.0 Å². The molecule has 1 N–H and O–H groups in total. The van der Waals surface area contributed by atoms with Gasteiger partial charge in [0.05, 0.1) is 18.2 Å². The Hall–Kier alpha value is -2.40. The van der Waals surface area contributed by atoms with Gasteiger partial charge in [-0.05, 0) is 38.5 Å². The van der Waals surface area contributed by atoms with Gasteiger partial charge in [0, 0.05) is 18.8 Å². The lowest BCUT2D eigenvalue weighted by Gasteiger charge is -2.37. The SMILES string of the molecule is CC(C)Nc1ncccc1C(=O)N1C[C@@H](c2ccccc2)O[C@@H](C)C1. The smallest absolute Gasteiger partial charge is 0.257 e. The Bertz CT molecular complexity index is 718. The van der Waals surface area contributed by atoms with E-state index in [9.17, 15) is 4.79 Å². The van der Waals surface area contributed by atoms with Crippen LogP contribution < -0.4 is 5.32 Å². The molecule has 0 radical (unpaired) electrons. The van der Waals surface area contributed by atoms with Gasteiger partial charge in [0.1, 0.15) is 11.9 Å². The number of pyridine rings is 1. The van der Waals surface area contributed by atoms with Gasteiger partial charge >= 0.3 is 0 Å². The third kappa shape index (κ3) is 4.17. The van der Waals surface area contributed by atoms with Crippen LogP contribution in [0.4, 0.5) is 5.82 Å². The Morgan fingerprint density at radius 3 is 2.68 bits per heavy atom. The van der Waals surface area contributed by atoms with Crippen molar-refractivity contribution in [1.29, 1.82) is 0 Å². The topological polar surface area (TPSA) is 54.5 Å². The maximum absolute atomic E-state index is 13.1. The van der Waals surface area contributed by atoms with Crippen LogP contribution in [0, 0.1) is 0 Å². The molecule has 3 rings (SSSR count). The summed E-state index contributed by atoms with van der Waals surface area (Å²) in [6.07, 6.45) is 1.59. The number of benzene rings is 1. The van der Waals surface area contributed by atoms with Crippen LogP contribution in [0.1, 0.15) is 42.8 Å². The van der Waals surface area contributed by atoms with Crippen LogP contribution in [-0.2, 0) is 4.74 Å². The number of morpholine rings is 1. The van der Waals surface area contributed by atoms with Crippen molar-refractivity contribution in [1.82, 2.24) is 9.88 Å². The van der Waals surface area contributed by atoms with Gasteiger partial charge in [-0.2, -0.15) is 0 Å². The second-order valence-corrected chi connectivity index (χ2v) is 6.75. The lowest BCUT2D eigenvalue weighted by Crippen LogP contribution is -2.46. The van der Waals surface area contributed by atoms with Gasteiger partial charge in [0.2, 0.25) is 0 Å². The highest BCUT2D eigenvalue weighted by Crippen LogP contribution is 2.27. The maximum Gasteiger partial charge on any atom is 0.257 e. The number of rotatable bonds is 4. The highest BCUT2D eigenvalue weighted by molar-refractivity contribution is 5.98. The van der Waals surface area contributed by atoms with E-state index < -0.39 is 0 Å². The third-order valence-electron chi connectivity index (χ3n) is 4.18. The second kappa shape index (κ2) is 7.66. The van der Waals surface area contributed by atoms with Crippen LogP contribution in [0.3, 0.4) is 0 Å². The molecule has 5 heteroatoms. The zero-order valence-electron chi connectivity index (χ0n) is 15.0. The molecule has 0 aliphatic carbocycles. The van der Waals surface area contributed by atoms with Gasteiger partial charge in [-0.3, -0.25) is 4.79 Å². The van der Waals surface area contributed by atoms with Gasteiger partial charge in [0.25, 0.3) is 5.91 Å². The summed E-state index contributed by atoms with van der Waals surface area (Å²) in [6, 6.07) is 13.9. The van der Waals surface area contributed by atoms with Crippen LogP contribution in [0.25, 0.3) is 0 Å². The summed E-state index contributed by atoms with van der Waals surface area (Å²) >= 11 is 0. The fraction of sp³-hybridized carbons (Fsp3) is 0.400. The van der Waals surface area contributed by atoms with E-state index >= 15 is 0 Å². The summed E-state index contributed by atoms with van der Waals surface area (Å²) in [7, 11) is 0. The number of carbonyl (C=O) groups excluding carboxylic acids is 1. The van der Waals surface area contributed by atoms with E-state index in [1.807, 2.05) is 62.1 Å². The van der Waals surface area contributed by atoms with E-state index in [4.69, 9.17) is 4.74 Å². The molecule has 1 aromatic heterocycles. The van der Waals surface area contributed by atoms with Crippen LogP contribution in [0.15, 0.2) is 48.7 Å². The third-order valence-corrected chi connectivity index (χ3v) is 4.18. The maximum atomic E-state index is 13.1. The number of ether oxygens (including phenoxy) is 1. The molecule has 1 aliphatic heterocycles. The van der Waals surface area contributed by atoms with Gasteiger partial charge in [0.15, 0.2) is 0 Å². The van der Waals surface area contributed by atoms with Crippen molar-refractivity contribution in [3.05, 3.63) is 59.8 Å². The summed E-state index contributed by atoms with van der Waals surface area (Å²) < 4.78 is 6.06. The number of amides is 1. The molecule has 0 spiro atoms. The minimum atomic E-state index is -0.105. The van der Waals surface area contributed by atoms with Crippen LogP contribution in [0.2, 0.25) is 0 Å². The van der Waals surface area contributed by atoms with Crippen molar-refractivity contribution in [3.63, 3.8) is 0 Å². The fourth-order valence-electron chi connectivity index (χ4n) is 3.11.